The van der Waals surface area contributed by atoms with Crippen molar-refractivity contribution in [3.05, 3.63) is 120 Å². The Kier molecular flexibility index (Phi) is 6.94. The zero-order valence-electron chi connectivity index (χ0n) is 19.3. The molecule has 0 spiro atoms. The Hall–Kier alpha value is -4.49. The second kappa shape index (κ2) is 10.5. The standard InChI is InChI=1S/C28H16F4N3O2P/c29-18-10-16(11-19(30)14-18)22-4-1-8-34-26(22)38(24-6-3-7-33-25(24)28(36)37)27-23(5-2-9-35-27)17-12-20(31)15-21(32)13-17/h1-15H,(H,36,37). The maximum absolute atomic E-state index is 14.2. The molecule has 5 nitrogen and oxygen atoms in total. The molecular weight excluding hydrogens is 517 g/mol. The van der Waals surface area contributed by atoms with Gasteiger partial charge in [0, 0.05) is 55.1 Å². The van der Waals surface area contributed by atoms with E-state index in [1.54, 1.807) is 36.4 Å². The van der Waals surface area contributed by atoms with Crippen LogP contribution in [-0.4, -0.2) is 26.0 Å². The van der Waals surface area contributed by atoms with Crippen molar-refractivity contribution in [1.82, 2.24) is 15.0 Å². The minimum Gasteiger partial charge on any atom is -0.476 e. The van der Waals surface area contributed by atoms with Crippen molar-refractivity contribution in [2.75, 3.05) is 0 Å². The predicted octanol–water partition coefficient (Wildman–Crippen LogP) is 5.22. The second-order valence-corrected chi connectivity index (χ2v) is 10.1. The number of rotatable bonds is 6. The van der Waals surface area contributed by atoms with Crippen molar-refractivity contribution >= 4 is 30.1 Å². The van der Waals surface area contributed by atoms with Gasteiger partial charge in [-0.05, 0) is 59.7 Å². The largest absolute Gasteiger partial charge is 0.476 e. The fourth-order valence-electron chi connectivity index (χ4n) is 4.09. The third-order valence-corrected chi connectivity index (χ3v) is 7.98. The van der Waals surface area contributed by atoms with Crippen LogP contribution in [-0.2, 0) is 0 Å². The molecule has 3 aromatic heterocycles. The van der Waals surface area contributed by atoms with Gasteiger partial charge in [-0.3, -0.25) is 9.97 Å². The Labute approximate surface area is 215 Å². The molecule has 2 aromatic carbocycles. The molecule has 38 heavy (non-hydrogen) atoms. The van der Waals surface area contributed by atoms with E-state index in [-0.39, 0.29) is 33.0 Å². The summed E-state index contributed by atoms with van der Waals surface area (Å²) in [4.78, 5) is 25.2. The normalized spacial score (nSPS) is 11.1. The molecule has 0 aliphatic rings. The molecule has 1 N–H and O–H groups in total. The number of aromatic carboxylic acids is 1. The summed E-state index contributed by atoms with van der Waals surface area (Å²) in [6.07, 6.45) is 4.25. The molecule has 188 valence electrons. The van der Waals surface area contributed by atoms with Crippen LogP contribution < -0.4 is 16.2 Å². The first kappa shape index (κ1) is 25.2. The van der Waals surface area contributed by atoms with E-state index in [0.717, 1.165) is 36.4 Å². The molecular formula is C28H16F4N3O2P. The summed E-state index contributed by atoms with van der Waals surface area (Å²) in [5, 5.41) is 10.2. The Balaban J connectivity index is 1.85. The molecule has 5 aromatic rings. The minimum atomic E-state index is -1.98. The molecule has 0 amide bonds. The van der Waals surface area contributed by atoms with Gasteiger partial charge in [-0.25, -0.2) is 27.3 Å². The summed E-state index contributed by atoms with van der Waals surface area (Å²) in [7, 11) is -1.98. The Morgan fingerprint density at radius 1 is 0.632 bits per heavy atom. The highest BCUT2D eigenvalue weighted by atomic mass is 31.1. The lowest BCUT2D eigenvalue weighted by molar-refractivity contribution is 0.0692. The highest BCUT2D eigenvalue weighted by Gasteiger charge is 2.30. The monoisotopic (exact) mass is 533 g/mol. The van der Waals surface area contributed by atoms with E-state index in [1.165, 1.54) is 18.6 Å². The smallest absolute Gasteiger partial charge is 0.355 e. The summed E-state index contributed by atoms with van der Waals surface area (Å²) in [6, 6.07) is 15.5. The maximum atomic E-state index is 14.2. The van der Waals surface area contributed by atoms with Gasteiger partial charge in [0.2, 0.25) is 0 Å². The lowest BCUT2D eigenvalue weighted by Gasteiger charge is -2.23. The molecule has 0 saturated heterocycles. The summed E-state index contributed by atoms with van der Waals surface area (Å²) in [6.45, 7) is 0. The SMILES string of the molecule is O=C(O)c1ncccc1P(c1ncccc1-c1cc(F)cc(F)c1)c1ncccc1-c1cc(F)cc(F)c1. The number of halogens is 4. The molecule has 0 aliphatic heterocycles. The van der Waals surface area contributed by atoms with Gasteiger partial charge in [0.15, 0.2) is 5.69 Å². The second-order valence-electron chi connectivity index (χ2n) is 8.08. The fraction of sp³-hybridized carbons (Fsp3) is 0. The lowest BCUT2D eigenvalue weighted by atomic mass is 10.1. The van der Waals surface area contributed by atoms with Crippen LogP contribution in [0.5, 0.6) is 0 Å². The van der Waals surface area contributed by atoms with Gasteiger partial charge in [-0.15, -0.1) is 0 Å². The Bertz CT molecular complexity index is 1550. The number of carboxylic acid groups (broad SMARTS) is 1. The topological polar surface area (TPSA) is 76.0 Å². The first-order valence-electron chi connectivity index (χ1n) is 11.1. The van der Waals surface area contributed by atoms with E-state index >= 15 is 0 Å². The van der Waals surface area contributed by atoms with Crippen molar-refractivity contribution in [3.8, 4) is 22.3 Å². The molecule has 0 fully saturated rings. The van der Waals surface area contributed by atoms with E-state index in [4.69, 9.17) is 0 Å². The van der Waals surface area contributed by atoms with Crippen molar-refractivity contribution in [2.24, 2.45) is 0 Å². The molecule has 0 aliphatic carbocycles. The van der Waals surface area contributed by atoms with Gasteiger partial charge in [0.25, 0.3) is 0 Å². The number of nitrogens with zero attached hydrogens (tertiary/aromatic N) is 3. The molecule has 3 heterocycles. The number of aromatic nitrogens is 3. The molecule has 0 saturated carbocycles. The van der Waals surface area contributed by atoms with Crippen LogP contribution in [0.2, 0.25) is 0 Å². The van der Waals surface area contributed by atoms with E-state index in [0.29, 0.717) is 11.1 Å². The van der Waals surface area contributed by atoms with E-state index in [9.17, 15) is 27.5 Å². The first-order chi connectivity index (χ1) is 18.3. The maximum Gasteiger partial charge on any atom is 0.355 e. The fourth-order valence-corrected chi connectivity index (χ4v) is 6.60. The molecule has 0 radical (unpaired) electrons. The lowest BCUT2D eigenvalue weighted by Crippen LogP contribution is -2.31. The molecule has 0 atom stereocenters. The molecule has 0 unspecified atom stereocenters. The van der Waals surface area contributed by atoms with E-state index < -0.39 is 37.2 Å². The Morgan fingerprint density at radius 3 is 1.50 bits per heavy atom. The third-order valence-electron chi connectivity index (χ3n) is 5.57. The van der Waals surface area contributed by atoms with Gasteiger partial charge < -0.3 is 5.11 Å². The van der Waals surface area contributed by atoms with Crippen LogP contribution >= 0.6 is 7.92 Å². The third kappa shape index (κ3) is 5.01. The zero-order valence-corrected chi connectivity index (χ0v) is 20.2. The van der Waals surface area contributed by atoms with Crippen LogP contribution in [0, 0.1) is 23.3 Å². The number of carboxylic acids is 1. The van der Waals surface area contributed by atoms with E-state index in [2.05, 4.69) is 15.0 Å². The quantitative estimate of drug-likeness (QED) is 0.239. The molecule has 0 bridgehead atoms. The number of carbonyl (C=O) groups is 1. The number of hydrogen-bond donors (Lipinski definition) is 1. The Morgan fingerprint density at radius 2 is 1.05 bits per heavy atom. The number of pyridine rings is 3. The molecule has 5 rings (SSSR count). The number of hydrogen-bond acceptors (Lipinski definition) is 4. The number of benzene rings is 2. The van der Waals surface area contributed by atoms with Gasteiger partial charge >= 0.3 is 5.97 Å². The summed E-state index contributed by atoms with van der Waals surface area (Å²) in [5.74, 6) is -4.53. The molecule has 10 heteroatoms. The zero-order chi connectivity index (χ0) is 26.8. The predicted molar refractivity (Wildman–Crippen MR) is 136 cm³/mol. The van der Waals surface area contributed by atoms with Crippen LogP contribution in [0.1, 0.15) is 10.5 Å². The summed E-state index contributed by atoms with van der Waals surface area (Å²) in [5.41, 5.74) is 1.29. The van der Waals surface area contributed by atoms with Gasteiger partial charge in [0.1, 0.15) is 23.3 Å². The van der Waals surface area contributed by atoms with Crippen molar-refractivity contribution in [1.29, 1.82) is 0 Å². The van der Waals surface area contributed by atoms with Crippen molar-refractivity contribution in [3.63, 3.8) is 0 Å². The average molecular weight is 533 g/mol. The highest BCUT2D eigenvalue weighted by Crippen LogP contribution is 2.39. The minimum absolute atomic E-state index is 0.174. The highest BCUT2D eigenvalue weighted by molar-refractivity contribution is 7.80. The van der Waals surface area contributed by atoms with Crippen LogP contribution in [0.3, 0.4) is 0 Å². The van der Waals surface area contributed by atoms with Gasteiger partial charge in [0.05, 0.1) is 10.9 Å². The van der Waals surface area contributed by atoms with Gasteiger partial charge in [-0.1, -0.05) is 12.1 Å². The van der Waals surface area contributed by atoms with Crippen LogP contribution in [0.15, 0.2) is 91.4 Å². The van der Waals surface area contributed by atoms with Crippen LogP contribution in [0.25, 0.3) is 22.3 Å². The average Bonchev–Trinajstić information content (AvgIpc) is 2.88. The van der Waals surface area contributed by atoms with Crippen molar-refractivity contribution in [2.45, 2.75) is 0 Å². The summed E-state index contributed by atoms with van der Waals surface area (Å²) < 4.78 is 56.8. The van der Waals surface area contributed by atoms with Crippen molar-refractivity contribution < 1.29 is 27.5 Å². The summed E-state index contributed by atoms with van der Waals surface area (Å²) >= 11 is 0. The van der Waals surface area contributed by atoms with Crippen LogP contribution in [0.4, 0.5) is 17.6 Å². The first-order valence-corrected chi connectivity index (χ1v) is 12.5. The van der Waals surface area contributed by atoms with E-state index in [1.807, 2.05) is 0 Å². The van der Waals surface area contributed by atoms with Gasteiger partial charge in [-0.2, -0.15) is 0 Å².